The maximum Gasteiger partial charge on any atom is 0.243 e. The van der Waals surface area contributed by atoms with Gasteiger partial charge in [-0.25, -0.2) is 8.42 Å². The van der Waals surface area contributed by atoms with Crippen LogP contribution in [0.5, 0.6) is 5.75 Å². The molecule has 2 aromatic carbocycles. The number of methoxy groups -OCH3 is 1. The molecule has 2 rings (SSSR count). The van der Waals surface area contributed by atoms with Gasteiger partial charge in [0.2, 0.25) is 15.9 Å². The summed E-state index contributed by atoms with van der Waals surface area (Å²) in [4.78, 5) is 12.3. The summed E-state index contributed by atoms with van der Waals surface area (Å²) in [5.41, 5.74) is 1.63. The van der Waals surface area contributed by atoms with E-state index in [-0.39, 0.29) is 11.4 Å². The molecule has 0 aliphatic heterocycles. The number of nitrogens with one attached hydrogen (secondary N) is 1. The number of likely N-dealkylation sites (N-methyl/N-ethyl adjacent to an activating group) is 1. The number of halogens is 1. The van der Waals surface area contributed by atoms with Crippen molar-refractivity contribution in [1.29, 1.82) is 0 Å². The summed E-state index contributed by atoms with van der Waals surface area (Å²) in [5.74, 6) is 0.132. The predicted molar refractivity (Wildman–Crippen MR) is 100 cm³/mol. The Morgan fingerprint density at radius 2 is 1.84 bits per heavy atom. The summed E-state index contributed by atoms with van der Waals surface area (Å²) in [6.45, 7) is 1.64. The van der Waals surface area contributed by atoms with Crippen molar-refractivity contribution in [2.24, 2.45) is 0 Å². The number of hydrogen-bond donors (Lipinski definition) is 1. The van der Waals surface area contributed by atoms with Crippen LogP contribution in [-0.2, 0) is 14.8 Å². The number of nitrogens with zero attached hydrogens (tertiary/aromatic N) is 1. The maximum absolute atomic E-state index is 12.5. The number of carbonyl (C=O) groups is 1. The van der Waals surface area contributed by atoms with E-state index in [1.54, 1.807) is 18.2 Å². The molecule has 2 aromatic rings. The lowest BCUT2D eigenvalue weighted by Gasteiger charge is -2.17. The molecule has 0 saturated carbocycles. The number of rotatable bonds is 6. The number of amides is 1. The molecule has 0 fully saturated rings. The minimum atomic E-state index is -3.76. The first-order valence-corrected chi connectivity index (χ1v) is 9.63. The number of sulfonamides is 1. The summed E-state index contributed by atoms with van der Waals surface area (Å²) >= 11 is 3.37. The highest BCUT2D eigenvalue weighted by Crippen LogP contribution is 2.23. The highest BCUT2D eigenvalue weighted by molar-refractivity contribution is 9.10. The fourth-order valence-electron chi connectivity index (χ4n) is 2.13. The Labute approximate surface area is 156 Å². The number of ether oxygens (including phenoxy) is 1. The van der Waals surface area contributed by atoms with E-state index in [1.165, 1.54) is 26.3 Å². The Balaban J connectivity index is 2.08. The zero-order valence-electron chi connectivity index (χ0n) is 14.1. The third kappa shape index (κ3) is 4.81. The molecule has 0 heterocycles. The minimum absolute atomic E-state index is 0.0973. The summed E-state index contributed by atoms with van der Waals surface area (Å²) in [5, 5.41) is 2.70. The van der Waals surface area contributed by atoms with Gasteiger partial charge < -0.3 is 10.1 Å². The first-order valence-electron chi connectivity index (χ1n) is 7.40. The van der Waals surface area contributed by atoms with Gasteiger partial charge in [-0.1, -0.05) is 6.07 Å². The van der Waals surface area contributed by atoms with E-state index in [1.807, 2.05) is 19.1 Å². The van der Waals surface area contributed by atoms with Crippen LogP contribution in [0.2, 0.25) is 0 Å². The van der Waals surface area contributed by atoms with E-state index in [0.29, 0.717) is 11.4 Å². The van der Waals surface area contributed by atoms with Gasteiger partial charge >= 0.3 is 0 Å². The van der Waals surface area contributed by atoms with Gasteiger partial charge in [0.15, 0.2) is 0 Å². The second kappa shape index (κ2) is 7.99. The lowest BCUT2D eigenvalue weighted by molar-refractivity contribution is -0.116. The number of anilines is 1. The molecule has 8 heteroatoms. The third-order valence-corrected chi connectivity index (χ3v) is 6.01. The van der Waals surface area contributed by atoms with Crippen molar-refractivity contribution in [3.8, 4) is 5.75 Å². The van der Waals surface area contributed by atoms with Crippen LogP contribution in [0.25, 0.3) is 0 Å². The molecule has 1 N–H and O–H groups in total. The molecule has 134 valence electrons. The highest BCUT2D eigenvalue weighted by Gasteiger charge is 2.23. The molecular formula is C17H19BrN2O4S. The average Bonchev–Trinajstić information content (AvgIpc) is 2.57. The summed E-state index contributed by atoms with van der Waals surface area (Å²) < 4.78 is 31.8. The standard InChI is InChI=1S/C17H19BrN2O4S/c1-12-4-9-16(15(18)10-12)19-17(21)11-20(2)25(22,23)14-7-5-13(24-3)6-8-14/h4-10H,11H2,1-3H3,(H,19,21). The second-order valence-corrected chi connectivity index (χ2v) is 8.37. The van der Waals surface area contributed by atoms with Crippen molar-refractivity contribution in [3.63, 3.8) is 0 Å². The zero-order chi connectivity index (χ0) is 18.6. The third-order valence-electron chi connectivity index (χ3n) is 3.53. The molecule has 0 radical (unpaired) electrons. The predicted octanol–water partition coefficient (Wildman–Crippen LogP) is 3.03. The van der Waals surface area contributed by atoms with Crippen LogP contribution < -0.4 is 10.1 Å². The Bertz CT molecular complexity index is 867. The van der Waals surface area contributed by atoms with Gasteiger partial charge in [-0.15, -0.1) is 0 Å². The zero-order valence-corrected chi connectivity index (χ0v) is 16.5. The van der Waals surface area contributed by atoms with Crippen LogP contribution in [0.1, 0.15) is 5.56 Å². The maximum atomic E-state index is 12.5. The van der Waals surface area contributed by atoms with Gasteiger partial charge in [0, 0.05) is 11.5 Å². The van der Waals surface area contributed by atoms with Crippen LogP contribution in [0.4, 0.5) is 5.69 Å². The quantitative estimate of drug-likeness (QED) is 0.769. The minimum Gasteiger partial charge on any atom is -0.497 e. The van der Waals surface area contributed by atoms with Crippen molar-refractivity contribution >= 4 is 37.5 Å². The van der Waals surface area contributed by atoms with E-state index in [9.17, 15) is 13.2 Å². The highest BCUT2D eigenvalue weighted by atomic mass is 79.9. The van der Waals surface area contributed by atoms with Gasteiger partial charge in [-0.05, 0) is 64.8 Å². The Kier molecular flexibility index (Phi) is 6.21. The van der Waals surface area contributed by atoms with E-state index < -0.39 is 15.9 Å². The first-order chi connectivity index (χ1) is 11.7. The molecule has 0 spiro atoms. The monoisotopic (exact) mass is 426 g/mol. The van der Waals surface area contributed by atoms with Crippen LogP contribution in [0, 0.1) is 6.92 Å². The normalized spacial score (nSPS) is 11.4. The van der Waals surface area contributed by atoms with Gasteiger partial charge in [0.05, 0.1) is 24.2 Å². The van der Waals surface area contributed by atoms with Gasteiger partial charge in [0.1, 0.15) is 5.75 Å². The van der Waals surface area contributed by atoms with Crippen molar-refractivity contribution in [1.82, 2.24) is 4.31 Å². The van der Waals surface area contributed by atoms with E-state index in [4.69, 9.17) is 4.74 Å². The van der Waals surface area contributed by atoms with Crippen LogP contribution >= 0.6 is 15.9 Å². The number of hydrogen-bond acceptors (Lipinski definition) is 4. The fourth-order valence-corrected chi connectivity index (χ4v) is 3.85. The summed E-state index contributed by atoms with van der Waals surface area (Å²) in [6.07, 6.45) is 0. The first kappa shape index (κ1) is 19.4. The Morgan fingerprint density at radius 1 is 1.20 bits per heavy atom. The largest absolute Gasteiger partial charge is 0.497 e. The van der Waals surface area contributed by atoms with Gasteiger partial charge in [0.25, 0.3) is 0 Å². The van der Waals surface area contributed by atoms with Crippen LogP contribution in [-0.4, -0.2) is 39.3 Å². The smallest absolute Gasteiger partial charge is 0.243 e. The molecule has 25 heavy (non-hydrogen) atoms. The van der Waals surface area contributed by atoms with Crippen LogP contribution in [0.3, 0.4) is 0 Å². The Morgan fingerprint density at radius 3 is 2.40 bits per heavy atom. The molecule has 0 bridgehead atoms. The second-order valence-electron chi connectivity index (χ2n) is 5.47. The SMILES string of the molecule is COc1ccc(S(=O)(=O)N(C)CC(=O)Nc2ccc(C)cc2Br)cc1. The molecular weight excluding hydrogens is 408 g/mol. The lowest BCUT2D eigenvalue weighted by atomic mass is 10.2. The molecule has 0 atom stereocenters. The molecule has 0 aliphatic carbocycles. The van der Waals surface area contributed by atoms with Crippen molar-refractivity contribution < 1.29 is 17.9 Å². The molecule has 6 nitrogen and oxygen atoms in total. The summed E-state index contributed by atoms with van der Waals surface area (Å²) in [7, 11) is -0.895. The van der Waals surface area contributed by atoms with Crippen LogP contribution in [0.15, 0.2) is 51.8 Å². The molecule has 1 amide bonds. The summed E-state index contributed by atoms with van der Waals surface area (Å²) in [6, 6.07) is 11.5. The molecule has 0 aromatic heterocycles. The van der Waals surface area contributed by atoms with E-state index in [0.717, 1.165) is 14.3 Å². The van der Waals surface area contributed by atoms with Crippen molar-refractivity contribution in [2.75, 3.05) is 26.0 Å². The topological polar surface area (TPSA) is 75.7 Å². The average molecular weight is 427 g/mol. The van der Waals surface area contributed by atoms with E-state index in [2.05, 4.69) is 21.2 Å². The van der Waals surface area contributed by atoms with Gasteiger partial charge in [-0.3, -0.25) is 4.79 Å². The van der Waals surface area contributed by atoms with Gasteiger partial charge in [-0.2, -0.15) is 4.31 Å². The van der Waals surface area contributed by atoms with Crippen molar-refractivity contribution in [2.45, 2.75) is 11.8 Å². The van der Waals surface area contributed by atoms with E-state index >= 15 is 0 Å². The Hall–Kier alpha value is -1.90. The van der Waals surface area contributed by atoms with Crippen molar-refractivity contribution in [3.05, 3.63) is 52.5 Å². The molecule has 0 aliphatic rings. The molecule has 0 saturated heterocycles. The number of aryl methyl sites for hydroxylation is 1. The lowest BCUT2D eigenvalue weighted by Crippen LogP contribution is -2.35. The number of carbonyl (C=O) groups excluding carboxylic acids is 1. The fraction of sp³-hybridized carbons (Fsp3) is 0.235. The number of benzene rings is 2. The molecule has 0 unspecified atom stereocenters.